The van der Waals surface area contributed by atoms with Crippen LogP contribution in [0.2, 0.25) is 0 Å². The molecule has 2 fully saturated rings. The van der Waals surface area contributed by atoms with Crippen LogP contribution in [0.4, 0.5) is 9.18 Å². The lowest BCUT2D eigenvalue weighted by Gasteiger charge is -2.28. The van der Waals surface area contributed by atoms with E-state index in [1.807, 2.05) is 19.1 Å². The second-order valence-corrected chi connectivity index (χ2v) is 10.3. The minimum atomic E-state index is -1.08. The van der Waals surface area contributed by atoms with E-state index >= 15 is 0 Å². The van der Waals surface area contributed by atoms with Crippen LogP contribution < -0.4 is 10.3 Å². The van der Waals surface area contributed by atoms with Gasteiger partial charge in [-0.05, 0) is 62.4 Å². The lowest BCUT2D eigenvalue weighted by atomic mass is 9.99. The molecule has 3 heterocycles. The van der Waals surface area contributed by atoms with Gasteiger partial charge < -0.3 is 9.84 Å². The first-order chi connectivity index (χ1) is 19.3. The number of aromatic nitrogens is 3. The van der Waals surface area contributed by atoms with E-state index in [2.05, 4.69) is 11.1 Å². The van der Waals surface area contributed by atoms with Gasteiger partial charge in [-0.2, -0.15) is 5.26 Å². The van der Waals surface area contributed by atoms with Crippen LogP contribution >= 0.6 is 0 Å². The van der Waals surface area contributed by atoms with Crippen molar-refractivity contribution in [3.63, 3.8) is 0 Å². The van der Waals surface area contributed by atoms with E-state index in [0.717, 1.165) is 25.0 Å². The van der Waals surface area contributed by atoms with Crippen molar-refractivity contribution in [2.24, 2.45) is 5.92 Å². The predicted molar refractivity (Wildman–Crippen MR) is 145 cm³/mol. The summed E-state index contributed by atoms with van der Waals surface area (Å²) in [6.45, 7) is 1.86. The van der Waals surface area contributed by atoms with Gasteiger partial charge in [0.25, 0.3) is 5.56 Å². The number of pyridine rings is 1. The number of amides is 1. The Labute approximate surface area is 229 Å². The number of fused-ring (bicyclic) bond motifs is 2. The summed E-state index contributed by atoms with van der Waals surface area (Å²) in [5.41, 5.74) is 2.25. The number of halogens is 1. The van der Waals surface area contributed by atoms with Crippen molar-refractivity contribution < 1.29 is 19.0 Å². The van der Waals surface area contributed by atoms with E-state index in [-0.39, 0.29) is 40.2 Å². The van der Waals surface area contributed by atoms with Crippen LogP contribution in [0.15, 0.2) is 53.5 Å². The number of benzene rings is 2. The molecular formula is C30H26FN5O4. The van der Waals surface area contributed by atoms with Gasteiger partial charge in [-0.3, -0.25) is 19.2 Å². The monoisotopic (exact) mass is 539 g/mol. The van der Waals surface area contributed by atoms with Gasteiger partial charge in [0.1, 0.15) is 5.82 Å². The van der Waals surface area contributed by atoms with Gasteiger partial charge in [0.15, 0.2) is 11.6 Å². The minimum absolute atomic E-state index is 0.00980. The second kappa shape index (κ2) is 9.75. The van der Waals surface area contributed by atoms with E-state index in [4.69, 9.17) is 9.72 Å². The van der Waals surface area contributed by atoms with Gasteiger partial charge in [-0.1, -0.05) is 12.5 Å². The van der Waals surface area contributed by atoms with Gasteiger partial charge in [0.2, 0.25) is 0 Å². The molecule has 2 aromatic heterocycles. The third-order valence-corrected chi connectivity index (χ3v) is 8.10. The van der Waals surface area contributed by atoms with Crippen molar-refractivity contribution >= 4 is 17.0 Å². The molecule has 3 atom stereocenters. The first kappa shape index (κ1) is 25.5. The number of ether oxygens (including phenoxy) is 1. The Kier molecular flexibility index (Phi) is 6.22. The van der Waals surface area contributed by atoms with Gasteiger partial charge >= 0.3 is 6.09 Å². The molecule has 1 amide bonds. The maximum atomic E-state index is 14.9. The van der Waals surface area contributed by atoms with Crippen molar-refractivity contribution in [1.29, 1.82) is 5.26 Å². The summed E-state index contributed by atoms with van der Waals surface area (Å²) in [6.07, 6.45) is 3.66. The van der Waals surface area contributed by atoms with E-state index in [9.17, 15) is 24.3 Å². The van der Waals surface area contributed by atoms with Crippen LogP contribution in [0.3, 0.4) is 0 Å². The van der Waals surface area contributed by atoms with Gasteiger partial charge in [-0.15, -0.1) is 0 Å². The Morgan fingerprint density at radius 2 is 2.02 bits per heavy atom. The number of aryl methyl sites for hydroxylation is 1. The highest BCUT2D eigenvalue weighted by Crippen LogP contribution is 2.47. The summed E-state index contributed by atoms with van der Waals surface area (Å²) in [7, 11) is 1.35. The number of hydrogen-bond acceptors (Lipinski definition) is 6. The van der Waals surface area contributed by atoms with Crippen molar-refractivity contribution in [1.82, 2.24) is 19.4 Å². The van der Waals surface area contributed by atoms with Crippen LogP contribution in [-0.4, -0.2) is 43.8 Å². The van der Waals surface area contributed by atoms with Crippen LogP contribution in [0.25, 0.3) is 27.7 Å². The number of carboxylic acid groups (broad SMARTS) is 1. The summed E-state index contributed by atoms with van der Waals surface area (Å²) >= 11 is 0. The molecule has 4 aromatic rings. The molecule has 1 saturated heterocycles. The highest BCUT2D eigenvalue weighted by molar-refractivity contribution is 5.94. The predicted octanol–water partition coefficient (Wildman–Crippen LogP) is 5.37. The molecule has 9 nitrogen and oxygen atoms in total. The average Bonchev–Trinajstić information content (AvgIpc) is 3.54. The Balaban J connectivity index is 1.68. The van der Waals surface area contributed by atoms with Crippen molar-refractivity contribution in [2.45, 2.75) is 44.7 Å². The number of carbonyl (C=O) groups is 1. The standard InChI is InChI=1S/C30H26FN5O4/c1-16-6-7-19(15-33-16)21-10-17(14-32)11-22-27(21)34-28(25-12-18-4-3-5-24(18)36(25)30(38)39)35(29(22)37)20-8-9-26(40-2)23(31)13-20/h6-11,13,15,18,24-25H,3-5,12H2,1-2H3,(H,38,39)/t18-,24-,25?/m0/s1. The molecule has 6 rings (SSSR count). The lowest BCUT2D eigenvalue weighted by Crippen LogP contribution is -2.39. The summed E-state index contributed by atoms with van der Waals surface area (Å²) < 4.78 is 21.2. The molecule has 1 saturated carbocycles. The van der Waals surface area contributed by atoms with Crippen molar-refractivity contribution in [3.8, 4) is 28.6 Å². The zero-order chi connectivity index (χ0) is 28.1. The molecule has 1 aliphatic carbocycles. The molecule has 2 aromatic carbocycles. The number of likely N-dealkylation sites (tertiary alicyclic amines) is 1. The van der Waals surface area contributed by atoms with Crippen molar-refractivity contribution in [3.05, 3.63) is 81.9 Å². The molecule has 40 heavy (non-hydrogen) atoms. The fourth-order valence-corrected chi connectivity index (χ4v) is 6.28. The molecule has 2 aliphatic rings. The normalized spacial score (nSPS) is 19.9. The molecule has 0 radical (unpaired) electrons. The van der Waals surface area contributed by atoms with E-state index in [1.165, 1.54) is 34.8 Å². The molecule has 1 aliphatic heterocycles. The van der Waals surface area contributed by atoms with Crippen LogP contribution in [-0.2, 0) is 0 Å². The van der Waals surface area contributed by atoms with Crippen molar-refractivity contribution in [2.75, 3.05) is 7.11 Å². The van der Waals surface area contributed by atoms with Gasteiger partial charge in [0, 0.05) is 35.1 Å². The number of methoxy groups -OCH3 is 1. The largest absolute Gasteiger partial charge is 0.494 e. The lowest BCUT2D eigenvalue weighted by molar-refractivity contribution is 0.117. The maximum Gasteiger partial charge on any atom is 0.408 e. The highest BCUT2D eigenvalue weighted by Gasteiger charge is 2.48. The van der Waals surface area contributed by atoms with Gasteiger partial charge in [-0.25, -0.2) is 14.2 Å². The topological polar surface area (TPSA) is 121 Å². The molecule has 0 spiro atoms. The average molecular weight is 540 g/mol. The highest BCUT2D eigenvalue weighted by atomic mass is 19.1. The SMILES string of the molecule is COc1ccc(-n2c(C3C[C@@H]4CCC[C@@H]4N3C(=O)O)nc3c(-c4ccc(C)nc4)cc(C#N)cc3c2=O)cc1F. The van der Waals surface area contributed by atoms with E-state index in [1.54, 1.807) is 18.3 Å². The van der Waals surface area contributed by atoms with Crippen LogP contribution in [0, 0.1) is 30.0 Å². The summed E-state index contributed by atoms with van der Waals surface area (Å²) in [5.74, 6) is -0.300. The molecule has 0 bridgehead atoms. The van der Waals surface area contributed by atoms with E-state index < -0.39 is 23.5 Å². The second-order valence-electron chi connectivity index (χ2n) is 10.3. The number of nitriles is 1. The molecule has 202 valence electrons. The molecular weight excluding hydrogens is 513 g/mol. The summed E-state index contributed by atoms with van der Waals surface area (Å²) in [6, 6.07) is 12.2. The Bertz CT molecular complexity index is 1760. The first-order valence-corrected chi connectivity index (χ1v) is 13.1. The number of nitrogens with zero attached hydrogens (tertiary/aromatic N) is 5. The van der Waals surface area contributed by atoms with Crippen LogP contribution in [0.1, 0.15) is 48.8 Å². The number of hydrogen-bond donors (Lipinski definition) is 1. The fraction of sp³-hybridized carbons (Fsp3) is 0.300. The van der Waals surface area contributed by atoms with Crippen LogP contribution in [0.5, 0.6) is 5.75 Å². The van der Waals surface area contributed by atoms with Gasteiger partial charge in [0.05, 0.1) is 41.4 Å². The van der Waals surface area contributed by atoms with E-state index in [0.29, 0.717) is 23.1 Å². The summed E-state index contributed by atoms with van der Waals surface area (Å²) in [5, 5.41) is 20.2. The summed E-state index contributed by atoms with van der Waals surface area (Å²) in [4.78, 5) is 37.6. The Morgan fingerprint density at radius 1 is 1.20 bits per heavy atom. The third-order valence-electron chi connectivity index (χ3n) is 8.10. The molecule has 1 N–H and O–H groups in total. The quantitative estimate of drug-likeness (QED) is 0.370. The fourth-order valence-electron chi connectivity index (χ4n) is 6.28. The number of rotatable bonds is 4. The first-order valence-electron chi connectivity index (χ1n) is 13.1. The molecule has 10 heteroatoms. The zero-order valence-electron chi connectivity index (χ0n) is 22.0. The Morgan fingerprint density at radius 3 is 2.70 bits per heavy atom. The smallest absolute Gasteiger partial charge is 0.408 e. The maximum absolute atomic E-state index is 14.9. The third kappa shape index (κ3) is 4.06. The zero-order valence-corrected chi connectivity index (χ0v) is 22.0. The minimum Gasteiger partial charge on any atom is -0.494 e. The Hall–Kier alpha value is -4.78. The molecule has 1 unspecified atom stereocenters.